The zero-order valence-electron chi connectivity index (χ0n) is 15.6. The Morgan fingerprint density at radius 1 is 1.00 bits per heavy atom. The molecule has 0 spiro atoms. The van der Waals surface area contributed by atoms with E-state index in [0.717, 1.165) is 22.0 Å². The van der Waals surface area contributed by atoms with Crippen LogP contribution in [0.1, 0.15) is 18.1 Å². The molecular weight excluding hydrogens is 338 g/mol. The van der Waals surface area contributed by atoms with E-state index in [4.69, 9.17) is 0 Å². The van der Waals surface area contributed by atoms with Gasteiger partial charge in [0.15, 0.2) is 0 Å². The highest BCUT2D eigenvalue weighted by molar-refractivity contribution is 5.97. The third-order valence-corrected chi connectivity index (χ3v) is 5.34. The monoisotopic (exact) mass is 361 g/mol. The number of carbonyl (C=O) groups is 2. The summed E-state index contributed by atoms with van der Waals surface area (Å²) in [6.07, 6.45) is 2.54. The molecule has 1 fully saturated rings. The summed E-state index contributed by atoms with van der Waals surface area (Å²) in [4.78, 5) is 27.3. The highest BCUT2D eigenvalue weighted by atomic mass is 16.2. The van der Waals surface area contributed by atoms with E-state index in [-0.39, 0.29) is 11.8 Å². The molecule has 2 heterocycles. The van der Waals surface area contributed by atoms with E-state index in [2.05, 4.69) is 22.0 Å². The van der Waals surface area contributed by atoms with Crippen molar-refractivity contribution < 1.29 is 9.59 Å². The fourth-order valence-electron chi connectivity index (χ4n) is 3.83. The van der Waals surface area contributed by atoms with Crippen LogP contribution in [0.3, 0.4) is 0 Å². The molecule has 0 aliphatic carbocycles. The minimum atomic E-state index is -0.539. The summed E-state index contributed by atoms with van der Waals surface area (Å²) in [6.45, 7) is 2.23. The Hall–Kier alpha value is -3.08. The van der Waals surface area contributed by atoms with Gasteiger partial charge in [-0.3, -0.25) is 9.59 Å². The van der Waals surface area contributed by atoms with Gasteiger partial charge >= 0.3 is 0 Å². The van der Waals surface area contributed by atoms with E-state index in [0.29, 0.717) is 13.0 Å². The number of piperazine rings is 1. The smallest absolute Gasteiger partial charge is 0.246 e. The SMILES string of the molecule is C[C@H]1C(=O)N[C@@H](Cc2cn(C)c3ccccc23)C(=O)N1Cc1ccccc1. The zero-order chi connectivity index (χ0) is 19.0. The first-order valence-electron chi connectivity index (χ1n) is 9.22. The third kappa shape index (κ3) is 3.21. The summed E-state index contributed by atoms with van der Waals surface area (Å²) < 4.78 is 2.06. The lowest BCUT2D eigenvalue weighted by Crippen LogP contribution is -2.62. The van der Waals surface area contributed by atoms with E-state index >= 15 is 0 Å². The van der Waals surface area contributed by atoms with Crippen molar-refractivity contribution in [3.63, 3.8) is 0 Å². The number of rotatable bonds is 4. The summed E-state index contributed by atoms with van der Waals surface area (Å²) in [5.74, 6) is -0.130. The summed E-state index contributed by atoms with van der Waals surface area (Å²) in [6, 6.07) is 16.9. The second-order valence-corrected chi connectivity index (χ2v) is 7.18. The Morgan fingerprint density at radius 2 is 1.70 bits per heavy atom. The number of aromatic nitrogens is 1. The first-order valence-corrected chi connectivity index (χ1v) is 9.22. The topological polar surface area (TPSA) is 54.3 Å². The van der Waals surface area contributed by atoms with Crippen LogP contribution in [0.2, 0.25) is 0 Å². The molecule has 1 N–H and O–H groups in total. The molecule has 2 aromatic carbocycles. The molecule has 0 bridgehead atoms. The number of aryl methyl sites for hydroxylation is 1. The molecule has 1 aliphatic rings. The first-order chi connectivity index (χ1) is 13.0. The highest BCUT2D eigenvalue weighted by Crippen LogP contribution is 2.24. The molecule has 0 radical (unpaired) electrons. The predicted octanol–water partition coefficient (Wildman–Crippen LogP) is 2.64. The standard InChI is InChI=1S/C22H23N3O2/c1-15-21(26)23-19(22(27)25(15)13-16-8-4-3-5-9-16)12-17-14-24(2)20-11-7-6-10-18(17)20/h3-11,14-15,19H,12-13H2,1-2H3,(H,23,26)/t15-,19-/m0/s1. The molecule has 5 heteroatoms. The lowest BCUT2D eigenvalue weighted by atomic mass is 9.99. The number of nitrogens with one attached hydrogen (secondary N) is 1. The van der Waals surface area contributed by atoms with Gasteiger partial charge in [-0.2, -0.15) is 0 Å². The van der Waals surface area contributed by atoms with Crippen LogP contribution >= 0.6 is 0 Å². The Kier molecular flexibility index (Phi) is 4.44. The van der Waals surface area contributed by atoms with Gasteiger partial charge in [0.1, 0.15) is 12.1 Å². The van der Waals surface area contributed by atoms with Crippen LogP contribution in [0.15, 0.2) is 60.8 Å². The highest BCUT2D eigenvalue weighted by Gasteiger charge is 2.38. The molecular formula is C22H23N3O2. The minimum absolute atomic E-state index is 0.0288. The molecule has 2 atom stereocenters. The van der Waals surface area contributed by atoms with Gasteiger partial charge in [0, 0.05) is 37.1 Å². The molecule has 3 aromatic rings. The maximum atomic E-state index is 13.1. The number of nitrogens with zero attached hydrogens (tertiary/aromatic N) is 2. The van der Waals surface area contributed by atoms with Crippen LogP contribution in [0, 0.1) is 0 Å². The van der Waals surface area contributed by atoms with E-state index in [1.54, 1.807) is 11.8 Å². The Balaban J connectivity index is 1.60. The summed E-state index contributed by atoms with van der Waals surface area (Å²) in [7, 11) is 2.00. The number of carbonyl (C=O) groups excluding carboxylic acids is 2. The van der Waals surface area contributed by atoms with E-state index in [1.807, 2.05) is 55.7 Å². The minimum Gasteiger partial charge on any atom is -0.350 e. The number of para-hydroxylation sites is 1. The Morgan fingerprint density at radius 3 is 2.48 bits per heavy atom. The summed E-state index contributed by atoms with van der Waals surface area (Å²) >= 11 is 0. The quantitative estimate of drug-likeness (QED) is 0.777. The van der Waals surface area contributed by atoms with E-state index < -0.39 is 12.1 Å². The van der Waals surface area contributed by atoms with Crippen molar-refractivity contribution >= 4 is 22.7 Å². The van der Waals surface area contributed by atoms with Crippen molar-refractivity contribution in [1.29, 1.82) is 0 Å². The first kappa shape index (κ1) is 17.3. The van der Waals surface area contributed by atoms with Gasteiger partial charge in [-0.05, 0) is 24.1 Å². The summed E-state index contributed by atoms with van der Waals surface area (Å²) in [5.41, 5.74) is 3.22. The van der Waals surface area contributed by atoms with E-state index in [1.165, 1.54) is 0 Å². The Labute approximate surface area is 158 Å². The second kappa shape index (κ2) is 6.91. The van der Waals surface area contributed by atoms with Crippen LogP contribution in [0.4, 0.5) is 0 Å². The van der Waals surface area contributed by atoms with Gasteiger partial charge in [0.05, 0.1) is 0 Å². The van der Waals surface area contributed by atoms with Crippen molar-refractivity contribution in [2.24, 2.45) is 7.05 Å². The molecule has 0 unspecified atom stereocenters. The number of amides is 2. The number of hydrogen-bond acceptors (Lipinski definition) is 2. The van der Waals surface area contributed by atoms with Gasteiger partial charge in [0.2, 0.25) is 11.8 Å². The average molecular weight is 361 g/mol. The Bertz CT molecular complexity index is 993. The third-order valence-electron chi connectivity index (χ3n) is 5.34. The van der Waals surface area contributed by atoms with Crippen molar-refractivity contribution in [3.05, 3.63) is 71.9 Å². The van der Waals surface area contributed by atoms with Crippen molar-refractivity contribution in [2.45, 2.75) is 32.0 Å². The van der Waals surface area contributed by atoms with Crippen LogP contribution in [0.5, 0.6) is 0 Å². The number of fused-ring (bicyclic) bond motifs is 1. The van der Waals surface area contributed by atoms with Crippen molar-refractivity contribution in [2.75, 3.05) is 0 Å². The fraction of sp³-hybridized carbons (Fsp3) is 0.273. The van der Waals surface area contributed by atoms with Gasteiger partial charge in [0.25, 0.3) is 0 Å². The van der Waals surface area contributed by atoms with Crippen LogP contribution < -0.4 is 5.32 Å². The molecule has 4 rings (SSSR count). The van der Waals surface area contributed by atoms with Crippen LogP contribution in [-0.4, -0.2) is 33.4 Å². The molecule has 27 heavy (non-hydrogen) atoms. The molecule has 1 aromatic heterocycles. The average Bonchev–Trinajstić information content (AvgIpc) is 3.00. The van der Waals surface area contributed by atoms with Crippen molar-refractivity contribution in [3.8, 4) is 0 Å². The normalized spacial score (nSPS) is 20.1. The molecule has 1 saturated heterocycles. The van der Waals surface area contributed by atoms with Gasteiger partial charge in [-0.15, -0.1) is 0 Å². The number of benzene rings is 2. The van der Waals surface area contributed by atoms with Gasteiger partial charge in [-0.1, -0.05) is 48.5 Å². The lowest BCUT2D eigenvalue weighted by Gasteiger charge is -2.37. The second-order valence-electron chi connectivity index (χ2n) is 7.18. The van der Waals surface area contributed by atoms with Crippen molar-refractivity contribution in [1.82, 2.24) is 14.8 Å². The van der Waals surface area contributed by atoms with Crippen LogP contribution in [-0.2, 0) is 29.6 Å². The molecule has 0 saturated carbocycles. The van der Waals surface area contributed by atoms with Crippen LogP contribution in [0.25, 0.3) is 10.9 Å². The largest absolute Gasteiger partial charge is 0.350 e. The predicted molar refractivity (Wildman–Crippen MR) is 105 cm³/mol. The van der Waals surface area contributed by atoms with Gasteiger partial charge in [-0.25, -0.2) is 0 Å². The summed E-state index contributed by atoms with van der Waals surface area (Å²) in [5, 5.41) is 4.04. The number of hydrogen-bond donors (Lipinski definition) is 1. The maximum Gasteiger partial charge on any atom is 0.246 e. The zero-order valence-corrected chi connectivity index (χ0v) is 15.6. The lowest BCUT2D eigenvalue weighted by molar-refractivity contribution is -0.149. The van der Waals surface area contributed by atoms with Gasteiger partial charge < -0.3 is 14.8 Å². The molecule has 2 amide bonds. The molecule has 5 nitrogen and oxygen atoms in total. The molecule has 1 aliphatic heterocycles. The fourth-order valence-corrected chi connectivity index (χ4v) is 3.83. The molecule has 138 valence electrons. The maximum absolute atomic E-state index is 13.1. The van der Waals surface area contributed by atoms with E-state index in [9.17, 15) is 9.59 Å².